The van der Waals surface area contributed by atoms with E-state index in [2.05, 4.69) is 22.3 Å². The second kappa shape index (κ2) is 6.05. The van der Waals surface area contributed by atoms with Gasteiger partial charge in [-0.2, -0.15) is 0 Å². The molecule has 1 N–H and O–H groups in total. The molecule has 0 atom stereocenters. The number of nitrogens with zero attached hydrogens (tertiary/aromatic N) is 1. The maximum absolute atomic E-state index is 11.1. The Balaban J connectivity index is 2.10. The summed E-state index contributed by atoms with van der Waals surface area (Å²) in [4.78, 5) is 13.2. The van der Waals surface area contributed by atoms with E-state index >= 15 is 0 Å². The Kier molecular flexibility index (Phi) is 4.18. The molecule has 0 bridgehead atoms. The lowest BCUT2D eigenvalue weighted by molar-refractivity contribution is -0.114. The molecular weight excluding hydrogens is 236 g/mol. The van der Waals surface area contributed by atoms with E-state index in [1.54, 1.807) is 0 Å². The number of rotatable bonds is 4. The molecule has 0 radical (unpaired) electrons. The molecule has 0 unspecified atom stereocenters. The van der Waals surface area contributed by atoms with E-state index in [0.717, 1.165) is 17.9 Å². The molecule has 1 amide bonds. The predicted molar refractivity (Wildman–Crippen MR) is 79.3 cm³/mol. The van der Waals surface area contributed by atoms with Gasteiger partial charge in [0.25, 0.3) is 0 Å². The zero-order chi connectivity index (χ0) is 13.7. The molecule has 0 aliphatic carbocycles. The van der Waals surface area contributed by atoms with Crippen LogP contribution >= 0.6 is 0 Å². The fourth-order valence-corrected chi connectivity index (χ4v) is 1.97. The average molecular weight is 254 g/mol. The van der Waals surface area contributed by atoms with Crippen molar-refractivity contribution in [2.75, 3.05) is 17.3 Å². The number of hydrogen-bond acceptors (Lipinski definition) is 2. The maximum Gasteiger partial charge on any atom is 0.221 e. The molecule has 2 aromatic rings. The zero-order valence-corrected chi connectivity index (χ0v) is 11.3. The van der Waals surface area contributed by atoms with Gasteiger partial charge in [-0.25, -0.2) is 0 Å². The number of nitrogens with one attached hydrogen (secondary N) is 1. The first kappa shape index (κ1) is 13.1. The number of amides is 1. The Morgan fingerprint density at radius 2 is 1.84 bits per heavy atom. The first-order chi connectivity index (χ1) is 9.15. The Hall–Kier alpha value is -2.29. The minimum absolute atomic E-state index is 0.0529. The van der Waals surface area contributed by atoms with E-state index in [1.807, 2.05) is 49.5 Å². The molecule has 0 heterocycles. The molecule has 19 heavy (non-hydrogen) atoms. The van der Waals surface area contributed by atoms with Crippen molar-refractivity contribution in [3.63, 3.8) is 0 Å². The van der Waals surface area contributed by atoms with Crippen LogP contribution < -0.4 is 10.2 Å². The van der Waals surface area contributed by atoms with Crippen LogP contribution in [0.2, 0.25) is 0 Å². The first-order valence-electron chi connectivity index (χ1n) is 6.28. The summed E-state index contributed by atoms with van der Waals surface area (Å²) in [7, 11) is 2.04. The lowest BCUT2D eigenvalue weighted by Crippen LogP contribution is -2.16. The zero-order valence-electron chi connectivity index (χ0n) is 11.3. The topological polar surface area (TPSA) is 32.3 Å². The average Bonchev–Trinajstić information content (AvgIpc) is 2.39. The van der Waals surface area contributed by atoms with Crippen molar-refractivity contribution in [1.29, 1.82) is 0 Å². The summed E-state index contributed by atoms with van der Waals surface area (Å²) in [5, 5.41) is 2.80. The molecule has 0 aliphatic heterocycles. The quantitative estimate of drug-likeness (QED) is 0.908. The summed E-state index contributed by atoms with van der Waals surface area (Å²) < 4.78 is 0. The highest BCUT2D eigenvalue weighted by Crippen LogP contribution is 2.20. The number of carbonyl (C=O) groups excluding carboxylic acids is 1. The van der Waals surface area contributed by atoms with Crippen LogP contribution in [0, 0.1) is 0 Å². The van der Waals surface area contributed by atoms with Crippen molar-refractivity contribution in [1.82, 2.24) is 0 Å². The van der Waals surface area contributed by atoms with Gasteiger partial charge in [0, 0.05) is 31.9 Å². The monoisotopic (exact) mass is 254 g/mol. The van der Waals surface area contributed by atoms with Crippen LogP contribution in [-0.4, -0.2) is 13.0 Å². The molecule has 2 rings (SSSR count). The largest absolute Gasteiger partial charge is 0.370 e. The van der Waals surface area contributed by atoms with Crippen LogP contribution in [0.3, 0.4) is 0 Å². The molecule has 0 saturated heterocycles. The predicted octanol–water partition coefficient (Wildman–Crippen LogP) is 3.28. The van der Waals surface area contributed by atoms with Crippen molar-refractivity contribution in [2.24, 2.45) is 0 Å². The Bertz CT molecular complexity index is 552. The summed E-state index contributed by atoms with van der Waals surface area (Å²) in [6.45, 7) is 2.35. The number of benzene rings is 2. The highest BCUT2D eigenvalue weighted by atomic mass is 16.1. The molecule has 2 aromatic carbocycles. The lowest BCUT2D eigenvalue weighted by Gasteiger charge is -2.20. The van der Waals surface area contributed by atoms with Crippen LogP contribution in [0.4, 0.5) is 11.4 Å². The van der Waals surface area contributed by atoms with Crippen LogP contribution in [0.5, 0.6) is 0 Å². The minimum Gasteiger partial charge on any atom is -0.370 e. The molecular formula is C16H18N2O. The van der Waals surface area contributed by atoms with Gasteiger partial charge in [-0.1, -0.05) is 36.4 Å². The second-order valence-electron chi connectivity index (χ2n) is 4.57. The Labute approximate surface area is 113 Å². The summed E-state index contributed by atoms with van der Waals surface area (Å²) in [6.07, 6.45) is 0. The fraction of sp³-hybridized carbons (Fsp3) is 0.188. The highest BCUT2D eigenvalue weighted by molar-refractivity contribution is 5.89. The van der Waals surface area contributed by atoms with Gasteiger partial charge in [-0.3, -0.25) is 4.79 Å². The summed E-state index contributed by atoms with van der Waals surface area (Å²) in [6, 6.07) is 18.2. The van der Waals surface area contributed by atoms with E-state index in [0.29, 0.717) is 0 Å². The SMILES string of the molecule is CC(=O)Nc1cccc(N(C)Cc2ccccc2)c1. The maximum atomic E-state index is 11.1. The fourth-order valence-electron chi connectivity index (χ4n) is 1.97. The van der Waals surface area contributed by atoms with Crippen LogP contribution in [0.25, 0.3) is 0 Å². The summed E-state index contributed by atoms with van der Waals surface area (Å²) in [5.74, 6) is -0.0529. The lowest BCUT2D eigenvalue weighted by atomic mass is 10.2. The molecule has 98 valence electrons. The Morgan fingerprint density at radius 3 is 2.53 bits per heavy atom. The normalized spacial score (nSPS) is 10.0. The van der Waals surface area contributed by atoms with E-state index in [-0.39, 0.29) is 5.91 Å². The standard InChI is InChI=1S/C16H18N2O/c1-13(19)17-15-9-6-10-16(11-15)18(2)12-14-7-4-3-5-8-14/h3-11H,12H2,1-2H3,(H,17,19). The third-order valence-corrected chi connectivity index (χ3v) is 2.87. The van der Waals surface area contributed by atoms with E-state index in [9.17, 15) is 4.79 Å². The molecule has 0 saturated carbocycles. The highest BCUT2D eigenvalue weighted by Gasteiger charge is 2.03. The van der Waals surface area contributed by atoms with Crippen LogP contribution in [-0.2, 0) is 11.3 Å². The molecule has 0 aromatic heterocycles. The number of carbonyl (C=O) groups is 1. The molecule has 0 spiro atoms. The van der Waals surface area contributed by atoms with E-state index < -0.39 is 0 Å². The van der Waals surface area contributed by atoms with Gasteiger partial charge in [0.1, 0.15) is 0 Å². The Morgan fingerprint density at radius 1 is 1.11 bits per heavy atom. The van der Waals surface area contributed by atoms with E-state index in [4.69, 9.17) is 0 Å². The van der Waals surface area contributed by atoms with Gasteiger partial charge >= 0.3 is 0 Å². The minimum atomic E-state index is -0.0529. The van der Waals surface area contributed by atoms with Crippen molar-refractivity contribution < 1.29 is 4.79 Å². The smallest absolute Gasteiger partial charge is 0.221 e. The second-order valence-corrected chi connectivity index (χ2v) is 4.57. The van der Waals surface area contributed by atoms with Crippen LogP contribution in [0.1, 0.15) is 12.5 Å². The van der Waals surface area contributed by atoms with Crippen molar-refractivity contribution >= 4 is 17.3 Å². The molecule has 3 heteroatoms. The number of anilines is 2. The number of hydrogen-bond donors (Lipinski definition) is 1. The van der Waals surface area contributed by atoms with Gasteiger partial charge in [0.15, 0.2) is 0 Å². The van der Waals surface area contributed by atoms with Crippen molar-refractivity contribution in [3.8, 4) is 0 Å². The molecule has 0 aliphatic rings. The van der Waals surface area contributed by atoms with Gasteiger partial charge < -0.3 is 10.2 Å². The third kappa shape index (κ3) is 3.85. The third-order valence-electron chi connectivity index (χ3n) is 2.87. The van der Waals surface area contributed by atoms with E-state index in [1.165, 1.54) is 12.5 Å². The van der Waals surface area contributed by atoms with Gasteiger partial charge in [-0.15, -0.1) is 0 Å². The molecule has 3 nitrogen and oxygen atoms in total. The first-order valence-corrected chi connectivity index (χ1v) is 6.28. The summed E-state index contributed by atoms with van der Waals surface area (Å²) in [5.41, 5.74) is 3.16. The van der Waals surface area contributed by atoms with Crippen molar-refractivity contribution in [3.05, 3.63) is 60.2 Å². The molecule has 0 fully saturated rings. The van der Waals surface area contributed by atoms with Crippen LogP contribution in [0.15, 0.2) is 54.6 Å². The summed E-state index contributed by atoms with van der Waals surface area (Å²) >= 11 is 0. The van der Waals surface area contributed by atoms with Gasteiger partial charge in [0.05, 0.1) is 0 Å². The van der Waals surface area contributed by atoms with Gasteiger partial charge in [-0.05, 0) is 23.8 Å². The van der Waals surface area contributed by atoms with Crippen molar-refractivity contribution in [2.45, 2.75) is 13.5 Å². The van der Waals surface area contributed by atoms with Gasteiger partial charge in [0.2, 0.25) is 5.91 Å².